The summed E-state index contributed by atoms with van der Waals surface area (Å²) in [5.74, 6) is -0.836. The predicted molar refractivity (Wildman–Crippen MR) is 75.9 cm³/mol. The fourth-order valence-electron chi connectivity index (χ4n) is 1.61. The molecule has 0 heterocycles. The number of carboxylic acid groups (broad SMARTS) is 1. The van der Waals surface area contributed by atoms with Crippen molar-refractivity contribution in [2.45, 2.75) is 19.8 Å². The van der Waals surface area contributed by atoms with Gasteiger partial charge in [0.15, 0.2) is 0 Å². The van der Waals surface area contributed by atoms with E-state index in [1.54, 1.807) is 18.2 Å². The third-order valence-corrected chi connectivity index (χ3v) is 2.55. The van der Waals surface area contributed by atoms with E-state index in [4.69, 9.17) is 9.84 Å². The number of nitrogens with one attached hydrogen (secondary N) is 2. The van der Waals surface area contributed by atoms with Crippen molar-refractivity contribution in [1.29, 1.82) is 0 Å². The number of aliphatic carboxylic acids is 1. The highest BCUT2D eigenvalue weighted by Gasteiger charge is 2.03. The molecule has 0 radical (unpaired) electrons. The van der Waals surface area contributed by atoms with Crippen LogP contribution in [0, 0.1) is 0 Å². The molecule has 110 valence electrons. The number of benzene rings is 1. The van der Waals surface area contributed by atoms with E-state index in [0.29, 0.717) is 31.9 Å². The molecule has 0 spiro atoms. The highest BCUT2D eigenvalue weighted by Crippen LogP contribution is 2.12. The van der Waals surface area contributed by atoms with E-state index in [2.05, 4.69) is 10.6 Å². The van der Waals surface area contributed by atoms with Crippen molar-refractivity contribution in [3.05, 3.63) is 29.8 Å². The molecule has 20 heavy (non-hydrogen) atoms. The summed E-state index contributed by atoms with van der Waals surface area (Å²) < 4.78 is 5.11. The van der Waals surface area contributed by atoms with E-state index >= 15 is 0 Å². The van der Waals surface area contributed by atoms with Crippen LogP contribution in [0.5, 0.6) is 0 Å². The molecule has 1 aromatic rings. The maximum Gasteiger partial charge on any atom is 0.319 e. The van der Waals surface area contributed by atoms with Crippen molar-refractivity contribution in [3.8, 4) is 0 Å². The molecule has 0 fully saturated rings. The normalized spacial score (nSPS) is 10.1. The first-order valence-electron chi connectivity index (χ1n) is 6.55. The van der Waals surface area contributed by atoms with Crippen molar-refractivity contribution >= 4 is 17.7 Å². The van der Waals surface area contributed by atoms with Gasteiger partial charge in [0.1, 0.15) is 0 Å². The molecule has 1 aromatic carbocycles. The fraction of sp³-hybridized carbons (Fsp3) is 0.429. The van der Waals surface area contributed by atoms with Crippen LogP contribution in [-0.2, 0) is 16.0 Å². The van der Waals surface area contributed by atoms with Crippen LogP contribution in [0.1, 0.15) is 18.9 Å². The smallest absolute Gasteiger partial charge is 0.319 e. The fourth-order valence-corrected chi connectivity index (χ4v) is 1.61. The standard InChI is InChI=1S/C14H20N2O4/c1-2-20-9-8-15-14(19)16-12-5-3-4-11(10-12)6-7-13(17)18/h3-5,10H,2,6-9H2,1H3,(H,17,18)(H2,15,16,19). The lowest BCUT2D eigenvalue weighted by Gasteiger charge is -2.08. The molecule has 0 bridgehead atoms. The molecule has 0 saturated heterocycles. The number of rotatable bonds is 8. The molecule has 1 rings (SSSR count). The SMILES string of the molecule is CCOCCNC(=O)Nc1cccc(CCC(=O)O)c1. The Hall–Kier alpha value is -2.08. The molecule has 0 aliphatic heterocycles. The Morgan fingerprint density at radius 2 is 2.15 bits per heavy atom. The zero-order chi connectivity index (χ0) is 14.8. The van der Waals surface area contributed by atoms with Crippen molar-refractivity contribution in [2.24, 2.45) is 0 Å². The largest absolute Gasteiger partial charge is 0.481 e. The van der Waals surface area contributed by atoms with Gasteiger partial charge in [0.25, 0.3) is 0 Å². The summed E-state index contributed by atoms with van der Waals surface area (Å²) in [6.45, 7) is 3.43. The number of aryl methyl sites for hydroxylation is 1. The van der Waals surface area contributed by atoms with Crippen molar-refractivity contribution in [3.63, 3.8) is 0 Å². The molecule has 0 unspecified atom stereocenters. The van der Waals surface area contributed by atoms with Crippen LogP contribution >= 0.6 is 0 Å². The number of urea groups is 1. The molecule has 0 aromatic heterocycles. The topological polar surface area (TPSA) is 87.7 Å². The molecule has 0 saturated carbocycles. The lowest BCUT2D eigenvalue weighted by Crippen LogP contribution is -2.31. The van der Waals surface area contributed by atoms with Crippen LogP contribution in [0.25, 0.3) is 0 Å². The molecular weight excluding hydrogens is 260 g/mol. The molecule has 0 aliphatic rings. The van der Waals surface area contributed by atoms with Gasteiger partial charge in [0.2, 0.25) is 0 Å². The lowest BCUT2D eigenvalue weighted by atomic mass is 10.1. The Morgan fingerprint density at radius 3 is 2.85 bits per heavy atom. The van der Waals surface area contributed by atoms with E-state index in [-0.39, 0.29) is 12.5 Å². The van der Waals surface area contributed by atoms with Gasteiger partial charge in [0, 0.05) is 25.3 Å². The van der Waals surface area contributed by atoms with E-state index < -0.39 is 5.97 Å². The minimum atomic E-state index is -0.836. The van der Waals surface area contributed by atoms with Crippen molar-refractivity contribution < 1.29 is 19.4 Å². The summed E-state index contributed by atoms with van der Waals surface area (Å²) >= 11 is 0. The van der Waals surface area contributed by atoms with Gasteiger partial charge in [-0.05, 0) is 31.0 Å². The van der Waals surface area contributed by atoms with E-state index in [1.165, 1.54) is 0 Å². The van der Waals surface area contributed by atoms with Gasteiger partial charge in [-0.1, -0.05) is 12.1 Å². The number of carbonyl (C=O) groups is 2. The van der Waals surface area contributed by atoms with Crippen LogP contribution in [0.15, 0.2) is 24.3 Å². The number of carboxylic acids is 1. The Morgan fingerprint density at radius 1 is 1.35 bits per heavy atom. The molecule has 2 amide bonds. The van der Waals surface area contributed by atoms with Crippen LogP contribution < -0.4 is 10.6 Å². The highest BCUT2D eigenvalue weighted by atomic mass is 16.5. The molecule has 6 nitrogen and oxygen atoms in total. The van der Waals surface area contributed by atoms with Crippen LogP contribution in [-0.4, -0.2) is 36.9 Å². The summed E-state index contributed by atoms with van der Waals surface area (Å²) in [6, 6.07) is 6.84. The first kappa shape index (κ1) is 16.0. The first-order chi connectivity index (χ1) is 9.61. The maximum atomic E-state index is 11.6. The minimum absolute atomic E-state index is 0.0734. The van der Waals surface area contributed by atoms with Gasteiger partial charge in [0.05, 0.1) is 6.61 Å². The molecule has 0 atom stereocenters. The number of hydrogen-bond donors (Lipinski definition) is 3. The van der Waals surface area contributed by atoms with Gasteiger partial charge >= 0.3 is 12.0 Å². The second-order valence-electron chi connectivity index (χ2n) is 4.17. The van der Waals surface area contributed by atoms with Crippen LogP contribution in [0.3, 0.4) is 0 Å². The summed E-state index contributed by atoms with van der Waals surface area (Å²) in [7, 11) is 0. The number of carbonyl (C=O) groups excluding carboxylic acids is 1. The second-order valence-corrected chi connectivity index (χ2v) is 4.17. The number of ether oxygens (including phenoxy) is 1. The Balaban J connectivity index is 2.40. The number of hydrogen-bond acceptors (Lipinski definition) is 3. The number of amides is 2. The minimum Gasteiger partial charge on any atom is -0.481 e. The summed E-state index contributed by atoms with van der Waals surface area (Å²) in [5, 5.41) is 14.0. The molecule has 6 heteroatoms. The van der Waals surface area contributed by atoms with Gasteiger partial charge < -0.3 is 20.5 Å². The third-order valence-electron chi connectivity index (χ3n) is 2.55. The average Bonchev–Trinajstić information content (AvgIpc) is 2.42. The summed E-state index contributed by atoms with van der Waals surface area (Å²) in [5.41, 5.74) is 1.52. The van der Waals surface area contributed by atoms with Gasteiger partial charge in [-0.15, -0.1) is 0 Å². The number of anilines is 1. The monoisotopic (exact) mass is 280 g/mol. The average molecular weight is 280 g/mol. The van der Waals surface area contributed by atoms with E-state index in [0.717, 1.165) is 5.56 Å². The summed E-state index contributed by atoms with van der Waals surface area (Å²) in [4.78, 5) is 22.1. The Bertz CT molecular complexity index is 449. The quantitative estimate of drug-likeness (QED) is 0.634. The molecule has 0 aliphatic carbocycles. The van der Waals surface area contributed by atoms with Crippen molar-refractivity contribution in [2.75, 3.05) is 25.1 Å². The Kier molecular flexibility index (Phi) is 7.13. The van der Waals surface area contributed by atoms with Crippen LogP contribution in [0.4, 0.5) is 10.5 Å². The third kappa shape index (κ3) is 6.75. The molecule has 3 N–H and O–H groups in total. The van der Waals surface area contributed by atoms with Crippen molar-refractivity contribution in [1.82, 2.24) is 5.32 Å². The van der Waals surface area contributed by atoms with Gasteiger partial charge in [-0.3, -0.25) is 4.79 Å². The molecular formula is C14H20N2O4. The predicted octanol–water partition coefficient (Wildman–Crippen LogP) is 1.86. The van der Waals surface area contributed by atoms with E-state index in [9.17, 15) is 9.59 Å². The maximum absolute atomic E-state index is 11.6. The summed E-state index contributed by atoms with van der Waals surface area (Å²) in [6.07, 6.45) is 0.515. The Labute approximate surface area is 118 Å². The van der Waals surface area contributed by atoms with Gasteiger partial charge in [-0.2, -0.15) is 0 Å². The first-order valence-corrected chi connectivity index (χ1v) is 6.55. The van der Waals surface area contributed by atoms with Gasteiger partial charge in [-0.25, -0.2) is 4.79 Å². The van der Waals surface area contributed by atoms with Crippen LogP contribution in [0.2, 0.25) is 0 Å². The zero-order valence-electron chi connectivity index (χ0n) is 11.5. The highest BCUT2D eigenvalue weighted by molar-refractivity contribution is 5.89. The lowest BCUT2D eigenvalue weighted by molar-refractivity contribution is -0.136. The zero-order valence-corrected chi connectivity index (χ0v) is 11.5. The van der Waals surface area contributed by atoms with E-state index in [1.807, 2.05) is 13.0 Å². The second kappa shape index (κ2) is 8.92.